The van der Waals surface area contributed by atoms with E-state index in [1.165, 1.54) is 0 Å². The SMILES string of the molecule is C=C(C)[C@H]1CC[C@@](C)(O)[C@@H](C2=C(O)C(=C(O)c3ccccc3)C(=O)C(CC=C(C)C)(CC=C(C)C)C2=O)C1. The largest absolute Gasteiger partial charge is 0.507 e. The van der Waals surface area contributed by atoms with E-state index in [0.29, 0.717) is 18.4 Å². The van der Waals surface area contributed by atoms with Gasteiger partial charge in [0.05, 0.1) is 5.60 Å². The molecule has 3 rings (SSSR count). The number of hydrogen-bond donors (Lipinski definition) is 3. The van der Waals surface area contributed by atoms with Crippen LogP contribution in [0.5, 0.6) is 0 Å². The van der Waals surface area contributed by atoms with Crippen LogP contribution in [-0.4, -0.2) is 32.5 Å². The molecular weight excluding hydrogens is 476 g/mol. The van der Waals surface area contributed by atoms with Crippen LogP contribution in [-0.2, 0) is 9.59 Å². The maximum Gasteiger partial charge on any atom is 0.184 e. The zero-order chi connectivity index (χ0) is 28.4. The maximum atomic E-state index is 14.5. The van der Waals surface area contributed by atoms with Crippen molar-refractivity contribution in [3.63, 3.8) is 0 Å². The van der Waals surface area contributed by atoms with Gasteiger partial charge in [0.1, 0.15) is 22.5 Å². The van der Waals surface area contributed by atoms with Crippen LogP contribution in [0, 0.1) is 17.3 Å². The van der Waals surface area contributed by atoms with Gasteiger partial charge >= 0.3 is 0 Å². The number of aliphatic hydroxyl groups is 3. The van der Waals surface area contributed by atoms with Gasteiger partial charge < -0.3 is 15.3 Å². The van der Waals surface area contributed by atoms with E-state index >= 15 is 0 Å². The fourth-order valence-electron chi connectivity index (χ4n) is 5.62. The maximum absolute atomic E-state index is 14.5. The first-order chi connectivity index (χ1) is 17.7. The monoisotopic (exact) mass is 518 g/mol. The summed E-state index contributed by atoms with van der Waals surface area (Å²) in [5.41, 5.74) is 0.154. The van der Waals surface area contributed by atoms with Gasteiger partial charge in [-0.05, 0) is 79.6 Å². The Labute approximate surface area is 227 Å². The third kappa shape index (κ3) is 5.63. The molecule has 0 aliphatic heterocycles. The second-order valence-corrected chi connectivity index (χ2v) is 11.8. The number of benzene rings is 1. The molecule has 0 aromatic heterocycles. The highest BCUT2D eigenvalue weighted by atomic mass is 16.3. The molecule has 38 heavy (non-hydrogen) atoms. The van der Waals surface area contributed by atoms with Gasteiger partial charge in [0.15, 0.2) is 11.6 Å². The Bertz CT molecular complexity index is 1210. The Morgan fingerprint density at radius 1 is 1.00 bits per heavy atom. The number of rotatable bonds is 7. The lowest BCUT2D eigenvalue weighted by Crippen LogP contribution is -2.51. The van der Waals surface area contributed by atoms with Crippen LogP contribution in [0.3, 0.4) is 0 Å². The molecule has 0 amide bonds. The summed E-state index contributed by atoms with van der Waals surface area (Å²) in [5, 5.41) is 34.6. The fraction of sp³-hybridized carbons (Fsp3) is 0.455. The number of Topliss-reactive ketones (excluding diaryl/α,β-unsaturated/α-hetero) is 2. The molecule has 1 fully saturated rings. The molecule has 3 atom stereocenters. The quantitative estimate of drug-likeness (QED) is 0.152. The average molecular weight is 519 g/mol. The van der Waals surface area contributed by atoms with Crippen molar-refractivity contribution in [2.45, 2.75) is 79.2 Å². The summed E-state index contributed by atoms with van der Waals surface area (Å²) in [7, 11) is 0. The van der Waals surface area contributed by atoms with Crippen LogP contribution >= 0.6 is 0 Å². The van der Waals surface area contributed by atoms with Gasteiger partial charge in [-0.2, -0.15) is 0 Å². The number of allylic oxidation sites excluding steroid dienone is 6. The van der Waals surface area contributed by atoms with E-state index in [0.717, 1.165) is 23.1 Å². The average Bonchev–Trinajstić information content (AvgIpc) is 2.84. The molecule has 0 saturated heterocycles. The number of ketones is 2. The minimum Gasteiger partial charge on any atom is -0.507 e. The van der Waals surface area contributed by atoms with Crippen molar-refractivity contribution in [3.8, 4) is 0 Å². The topological polar surface area (TPSA) is 94.8 Å². The van der Waals surface area contributed by atoms with E-state index in [2.05, 4.69) is 6.58 Å². The Morgan fingerprint density at radius 2 is 1.55 bits per heavy atom. The van der Waals surface area contributed by atoms with Gasteiger partial charge in [-0.3, -0.25) is 9.59 Å². The van der Waals surface area contributed by atoms with Crippen molar-refractivity contribution in [3.05, 3.63) is 88.3 Å². The summed E-state index contributed by atoms with van der Waals surface area (Å²) in [6.45, 7) is 15.3. The van der Waals surface area contributed by atoms with Crippen molar-refractivity contribution in [2.24, 2.45) is 17.3 Å². The van der Waals surface area contributed by atoms with Gasteiger partial charge in [-0.1, -0.05) is 65.8 Å². The third-order valence-corrected chi connectivity index (χ3v) is 8.15. The molecule has 0 spiro atoms. The molecular formula is C33H42O5. The fourth-order valence-corrected chi connectivity index (χ4v) is 5.62. The lowest BCUT2D eigenvalue weighted by atomic mass is 9.58. The van der Waals surface area contributed by atoms with Crippen molar-refractivity contribution in [1.29, 1.82) is 0 Å². The summed E-state index contributed by atoms with van der Waals surface area (Å²) in [5.74, 6) is -2.65. The number of hydrogen-bond acceptors (Lipinski definition) is 5. The Hall–Kier alpha value is -3.18. The number of aliphatic hydroxyl groups excluding tert-OH is 2. The van der Waals surface area contributed by atoms with Gasteiger partial charge in [-0.15, -0.1) is 0 Å². The zero-order valence-electron chi connectivity index (χ0n) is 23.6. The van der Waals surface area contributed by atoms with E-state index in [1.54, 1.807) is 37.3 Å². The van der Waals surface area contributed by atoms with E-state index in [1.807, 2.05) is 46.8 Å². The summed E-state index contributed by atoms with van der Waals surface area (Å²) in [6.07, 6.45) is 5.53. The minimum absolute atomic E-state index is 0.0299. The second-order valence-electron chi connectivity index (χ2n) is 11.8. The molecule has 1 aromatic carbocycles. The van der Waals surface area contributed by atoms with Crippen molar-refractivity contribution in [2.75, 3.05) is 0 Å². The lowest BCUT2D eigenvalue weighted by molar-refractivity contribution is -0.139. The summed E-state index contributed by atoms with van der Waals surface area (Å²) >= 11 is 0. The number of carbonyl (C=O) groups excluding carboxylic acids is 2. The first-order valence-corrected chi connectivity index (χ1v) is 13.4. The van der Waals surface area contributed by atoms with Crippen LogP contribution in [0.15, 0.2) is 82.7 Å². The van der Waals surface area contributed by atoms with Gasteiger partial charge in [0.2, 0.25) is 0 Å². The van der Waals surface area contributed by atoms with Crippen LogP contribution in [0.1, 0.15) is 79.2 Å². The molecule has 5 heteroatoms. The predicted molar refractivity (Wildman–Crippen MR) is 152 cm³/mol. The molecule has 1 aromatic rings. The third-order valence-electron chi connectivity index (χ3n) is 8.15. The molecule has 2 aliphatic rings. The van der Waals surface area contributed by atoms with Crippen molar-refractivity contribution in [1.82, 2.24) is 0 Å². The summed E-state index contributed by atoms with van der Waals surface area (Å²) < 4.78 is 0. The van der Waals surface area contributed by atoms with Crippen LogP contribution in [0.2, 0.25) is 0 Å². The van der Waals surface area contributed by atoms with Crippen LogP contribution in [0.4, 0.5) is 0 Å². The highest BCUT2D eigenvalue weighted by molar-refractivity contribution is 6.26. The standard InChI is InChI=1S/C33H42O5/c1-20(2)13-17-33(18-14-21(3)4)30(36)26(25-19-24(22(5)6)15-16-32(25,7)38)29(35)27(31(33)37)28(34)23-11-9-8-10-12-23/h8-14,24-25,34-35,38H,5,15-19H2,1-4,6-7H3/t24-,25+,32+/m0/s1. The van der Waals surface area contributed by atoms with Gasteiger partial charge in [0, 0.05) is 17.1 Å². The molecule has 0 bridgehead atoms. The highest BCUT2D eigenvalue weighted by Crippen LogP contribution is 2.51. The second kappa shape index (κ2) is 11.3. The normalized spacial score (nSPS) is 26.6. The lowest BCUT2D eigenvalue weighted by Gasteiger charge is -2.45. The van der Waals surface area contributed by atoms with E-state index < -0.39 is 34.3 Å². The molecule has 0 radical (unpaired) electrons. The van der Waals surface area contributed by atoms with Gasteiger partial charge in [0.25, 0.3) is 0 Å². The molecule has 1 saturated carbocycles. The Morgan fingerprint density at radius 3 is 2.05 bits per heavy atom. The predicted octanol–water partition coefficient (Wildman–Crippen LogP) is 7.36. The first-order valence-electron chi connectivity index (χ1n) is 13.4. The highest BCUT2D eigenvalue weighted by Gasteiger charge is 2.56. The molecule has 2 aliphatic carbocycles. The number of carbonyl (C=O) groups is 2. The van der Waals surface area contributed by atoms with Crippen molar-refractivity contribution >= 4 is 17.3 Å². The molecule has 0 unspecified atom stereocenters. The molecule has 3 N–H and O–H groups in total. The van der Waals surface area contributed by atoms with E-state index in [4.69, 9.17) is 0 Å². The van der Waals surface area contributed by atoms with Crippen molar-refractivity contribution < 1.29 is 24.9 Å². The van der Waals surface area contributed by atoms with E-state index in [-0.39, 0.29) is 35.7 Å². The Kier molecular flexibility index (Phi) is 8.72. The summed E-state index contributed by atoms with van der Waals surface area (Å²) in [4.78, 5) is 28.8. The van der Waals surface area contributed by atoms with Crippen LogP contribution in [0.25, 0.3) is 5.76 Å². The minimum atomic E-state index is -1.56. The smallest absolute Gasteiger partial charge is 0.184 e. The first kappa shape index (κ1) is 29.4. The zero-order valence-corrected chi connectivity index (χ0v) is 23.6. The van der Waals surface area contributed by atoms with Gasteiger partial charge in [-0.25, -0.2) is 0 Å². The van der Waals surface area contributed by atoms with E-state index in [9.17, 15) is 24.9 Å². The molecule has 5 nitrogen and oxygen atoms in total. The molecule has 204 valence electrons. The molecule has 0 heterocycles. The Balaban J connectivity index is 2.39. The van der Waals surface area contributed by atoms with Crippen LogP contribution < -0.4 is 0 Å². The summed E-state index contributed by atoms with van der Waals surface area (Å²) in [6, 6.07) is 8.56.